The van der Waals surface area contributed by atoms with E-state index in [-0.39, 0.29) is 12.2 Å². The van der Waals surface area contributed by atoms with Gasteiger partial charge in [-0.05, 0) is 37.1 Å². The van der Waals surface area contributed by atoms with Crippen LogP contribution in [0, 0.1) is 13.8 Å². The number of aryl methyl sites for hydroxylation is 2. The maximum absolute atomic E-state index is 11.8. The average molecular weight is 220 g/mol. The van der Waals surface area contributed by atoms with Gasteiger partial charge in [-0.15, -0.1) is 0 Å². The second-order valence-corrected chi connectivity index (χ2v) is 3.74. The molecule has 1 aromatic carbocycles. The van der Waals surface area contributed by atoms with Crippen LogP contribution in [-0.4, -0.2) is 18.7 Å². The van der Waals surface area contributed by atoms with E-state index in [9.17, 15) is 9.59 Å². The van der Waals surface area contributed by atoms with Gasteiger partial charge in [0, 0.05) is 12.0 Å². The first-order chi connectivity index (χ1) is 7.51. The van der Waals surface area contributed by atoms with E-state index in [2.05, 4.69) is 0 Å². The van der Waals surface area contributed by atoms with Gasteiger partial charge in [0.25, 0.3) is 0 Å². The molecule has 0 heterocycles. The highest BCUT2D eigenvalue weighted by Gasteiger charge is 2.17. The summed E-state index contributed by atoms with van der Waals surface area (Å²) >= 11 is 0. The number of methoxy groups -OCH3 is 1. The van der Waals surface area contributed by atoms with Crippen LogP contribution in [0.15, 0.2) is 12.1 Å². The summed E-state index contributed by atoms with van der Waals surface area (Å²) in [6.07, 6.45) is 0.239. The molecule has 0 fully saturated rings. The van der Waals surface area contributed by atoms with E-state index >= 15 is 0 Å². The van der Waals surface area contributed by atoms with Crippen molar-refractivity contribution in [2.24, 2.45) is 0 Å². The van der Waals surface area contributed by atoms with Gasteiger partial charge in [-0.1, -0.05) is 6.92 Å². The molecule has 3 nitrogen and oxygen atoms in total. The first-order valence-electron chi connectivity index (χ1n) is 5.24. The second kappa shape index (κ2) is 4.92. The van der Waals surface area contributed by atoms with Gasteiger partial charge in [-0.25, -0.2) is 0 Å². The summed E-state index contributed by atoms with van der Waals surface area (Å²) in [7, 11) is 1.58. The van der Waals surface area contributed by atoms with Gasteiger partial charge in [0.2, 0.25) is 11.6 Å². The zero-order valence-electron chi connectivity index (χ0n) is 10.1. The summed E-state index contributed by atoms with van der Waals surface area (Å²) in [4.78, 5) is 23.1. The molecule has 3 heteroatoms. The molecule has 0 unspecified atom stereocenters. The van der Waals surface area contributed by atoms with E-state index in [1.54, 1.807) is 33.1 Å². The van der Waals surface area contributed by atoms with Crippen molar-refractivity contribution in [2.45, 2.75) is 27.2 Å². The Labute approximate surface area is 95.4 Å². The minimum atomic E-state index is -0.411. The van der Waals surface area contributed by atoms with E-state index in [0.29, 0.717) is 5.56 Å². The van der Waals surface area contributed by atoms with Gasteiger partial charge in [-0.2, -0.15) is 0 Å². The van der Waals surface area contributed by atoms with Crippen LogP contribution in [0.25, 0.3) is 0 Å². The van der Waals surface area contributed by atoms with E-state index in [1.165, 1.54) is 0 Å². The molecule has 0 spiro atoms. The topological polar surface area (TPSA) is 43.4 Å². The van der Waals surface area contributed by atoms with Crippen molar-refractivity contribution in [1.29, 1.82) is 0 Å². The number of ether oxygens (including phenoxy) is 1. The normalized spacial score (nSPS) is 10.0. The van der Waals surface area contributed by atoms with Crippen LogP contribution in [-0.2, 0) is 4.79 Å². The fourth-order valence-corrected chi connectivity index (χ4v) is 1.56. The van der Waals surface area contributed by atoms with Crippen LogP contribution < -0.4 is 4.74 Å². The van der Waals surface area contributed by atoms with Gasteiger partial charge in [0.05, 0.1) is 7.11 Å². The summed E-state index contributed by atoms with van der Waals surface area (Å²) in [5, 5.41) is 0. The van der Waals surface area contributed by atoms with Gasteiger partial charge >= 0.3 is 0 Å². The molecule has 0 atom stereocenters. The molecular formula is C13H16O3. The molecule has 1 rings (SSSR count). The predicted molar refractivity (Wildman–Crippen MR) is 62.1 cm³/mol. The molecule has 0 saturated heterocycles. The van der Waals surface area contributed by atoms with Gasteiger partial charge in [0.1, 0.15) is 5.75 Å². The van der Waals surface area contributed by atoms with Gasteiger partial charge in [-0.3, -0.25) is 9.59 Å². The molecule has 0 saturated carbocycles. The molecular weight excluding hydrogens is 204 g/mol. The van der Waals surface area contributed by atoms with Crippen molar-refractivity contribution in [1.82, 2.24) is 0 Å². The number of ketones is 2. The number of Topliss-reactive ketones (excluding diaryl/α,β-unsaturated/α-hetero) is 2. The predicted octanol–water partition coefficient (Wildman–Crippen LogP) is 2.47. The molecule has 0 N–H and O–H groups in total. The van der Waals surface area contributed by atoms with Crippen molar-refractivity contribution in [2.75, 3.05) is 7.11 Å². The Morgan fingerprint density at radius 2 is 1.81 bits per heavy atom. The largest absolute Gasteiger partial charge is 0.496 e. The first-order valence-corrected chi connectivity index (χ1v) is 5.24. The summed E-state index contributed by atoms with van der Waals surface area (Å²) in [5.74, 6) is -0.0311. The number of benzene rings is 1. The van der Waals surface area contributed by atoms with Crippen LogP contribution in [0.3, 0.4) is 0 Å². The molecule has 1 aromatic rings. The van der Waals surface area contributed by atoms with Crippen molar-refractivity contribution in [3.8, 4) is 5.75 Å². The molecule has 0 aliphatic rings. The van der Waals surface area contributed by atoms with Crippen LogP contribution >= 0.6 is 0 Å². The van der Waals surface area contributed by atoms with Crippen molar-refractivity contribution in [3.05, 3.63) is 28.8 Å². The number of carbonyl (C=O) groups is 2. The van der Waals surface area contributed by atoms with E-state index in [4.69, 9.17) is 4.74 Å². The molecule has 0 bridgehead atoms. The Kier molecular flexibility index (Phi) is 3.82. The second-order valence-electron chi connectivity index (χ2n) is 3.74. The van der Waals surface area contributed by atoms with Crippen LogP contribution in [0.4, 0.5) is 0 Å². The molecule has 0 aromatic heterocycles. The Morgan fingerprint density at radius 1 is 1.19 bits per heavy atom. The van der Waals surface area contributed by atoms with Crippen molar-refractivity contribution >= 4 is 11.6 Å². The summed E-state index contributed by atoms with van der Waals surface area (Å²) in [6.45, 7) is 5.34. The number of carbonyl (C=O) groups excluding carboxylic acids is 2. The quantitative estimate of drug-likeness (QED) is 0.578. The Balaban J connectivity index is 3.21. The maximum Gasteiger partial charge on any atom is 0.228 e. The molecule has 16 heavy (non-hydrogen) atoms. The Hall–Kier alpha value is -1.64. The maximum atomic E-state index is 11.8. The number of rotatable bonds is 4. The molecule has 0 amide bonds. The average Bonchev–Trinajstić information content (AvgIpc) is 2.29. The SMILES string of the molecule is CCC(=O)C(=O)c1cc(C)c(OC)cc1C. The zero-order valence-corrected chi connectivity index (χ0v) is 10.1. The monoisotopic (exact) mass is 220 g/mol. The standard InChI is InChI=1S/C13H16O3/c1-5-11(14)13(15)10-6-9(3)12(16-4)7-8(10)2/h6-7H,5H2,1-4H3. The third-order valence-corrected chi connectivity index (χ3v) is 2.56. The number of hydrogen-bond acceptors (Lipinski definition) is 3. The zero-order chi connectivity index (χ0) is 12.3. The minimum Gasteiger partial charge on any atom is -0.496 e. The highest BCUT2D eigenvalue weighted by molar-refractivity contribution is 6.43. The smallest absolute Gasteiger partial charge is 0.228 e. The van der Waals surface area contributed by atoms with Crippen molar-refractivity contribution < 1.29 is 14.3 Å². The Bertz CT molecular complexity index is 433. The van der Waals surface area contributed by atoms with Crippen LogP contribution in [0.5, 0.6) is 5.75 Å². The van der Waals surface area contributed by atoms with Crippen molar-refractivity contribution in [3.63, 3.8) is 0 Å². The third-order valence-electron chi connectivity index (χ3n) is 2.56. The minimum absolute atomic E-state index is 0.239. The van der Waals surface area contributed by atoms with Crippen LogP contribution in [0.2, 0.25) is 0 Å². The molecule has 0 aliphatic carbocycles. The molecule has 86 valence electrons. The third kappa shape index (κ3) is 2.30. The summed E-state index contributed by atoms with van der Waals surface area (Å²) in [5.41, 5.74) is 2.11. The fraction of sp³-hybridized carbons (Fsp3) is 0.385. The highest BCUT2D eigenvalue weighted by Crippen LogP contribution is 2.23. The van der Waals surface area contributed by atoms with E-state index in [0.717, 1.165) is 16.9 Å². The lowest BCUT2D eigenvalue weighted by molar-refractivity contribution is -0.114. The van der Waals surface area contributed by atoms with E-state index < -0.39 is 5.78 Å². The molecule has 0 aliphatic heterocycles. The Morgan fingerprint density at radius 3 is 2.31 bits per heavy atom. The lowest BCUT2D eigenvalue weighted by Gasteiger charge is -2.09. The number of hydrogen-bond donors (Lipinski definition) is 0. The molecule has 0 radical (unpaired) electrons. The first kappa shape index (κ1) is 12.4. The summed E-state index contributed by atoms with van der Waals surface area (Å²) in [6, 6.07) is 3.50. The lowest BCUT2D eigenvalue weighted by Crippen LogP contribution is -2.14. The van der Waals surface area contributed by atoms with Gasteiger partial charge < -0.3 is 4.74 Å². The summed E-state index contributed by atoms with van der Waals surface area (Å²) < 4.78 is 5.15. The lowest BCUT2D eigenvalue weighted by atomic mass is 9.98. The highest BCUT2D eigenvalue weighted by atomic mass is 16.5. The van der Waals surface area contributed by atoms with Crippen LogP contribution in [0.1, 0.15) is 34.8 Å². The van der Waals surface area contributed by atoms with Gasteiger partial charge in [0.15, 0.2) is 0 Å². The van der Waals surface area contributed by atoms with E-state index in [1.807, 2.05) is 6.92 Å². The fourth-order valence-electron chi connectivity index (χ4n) is 1.56.